The number of benzene rings is 2. The van der Waals surface area contributed by atoms with Gasteiger partial charge in [0.1, 0.15) is 5.75 Å². The highest BCUT2D eigenvalue weighted by Crippen LogP contribution is 2.41. The van der Waals surface area contributed by atoms with Crippen LogP contribution in [0.4, 0.5) is 5.69 Å². The lowest BCUT2D eigenvalue weighted by atomic mass is 9.99. The average molecular weight is 367 g/mol. The third-order valence-electron chi connectivity index (χ3n) is 5.61. The Morgan fingerprint density at radius 1 is 0.963 bits per heavy atom. The summed E-state index contributed by atoms with van der Waals surface area (Å²) in [6.45, 7) is 1.52. The summed E-state index contributed by atoms with van der Waals surface area (Å²) in [7, 11) is 3.33. The zero-order valence-electron chi connectivity index (χ0n) is 16.0. The SMILES string of the molecule is COc1ccc([C@]2(O)C[N+]3=C(CCCCC3)N2c2ccccc2OC)cc1. The summed E-state index contributed by atoms with van der Waals surface area (Å²) in [5.41, 5.74) is 0.612. The second-order valence-electron chi connectivity index (χ2n) is 7.20. The molecule has 4 rings (SSSR count). The molecule has 2 aromatic carbocycles. The number of amidine groups is 1. The number of ether oxygens (including phenoxy) is 2. The van der Waals surface area contributed by atoms with Crippen molar-refractivity contribution in [2.45, 2.75) is 31.4 Å². The van der Waals surface area contributed by atoms with E-state index in [1.54, 1.807) is 14.2 Å². The first-order chi connectivity index (χ1) is 13.2. The molecule has 0 aromatic heterocycles. The third-order valence-corrected chi connectivity index (χ3v) is 5.61. The van der Waals surface area contributed by atoms with Gasteiger partial charge < -0.3 is 14.6 Å². The molecule has 2 aliphatic heterocycles. The molecule has 0 aliphatic carbocycles. The Hall–Kier alpha value is -2.53. The van der Waals surface area contributed by atoms with E-state index in [2.05, 4.69) is 9.48 Å². The van der Waals surface area contributed by atoms with Crippen molar-refractivity contribution in [1.82, 2.24) is 0 Å². The van der Waals surface area contributed by atoms with Gasteiger partial charge in [-0.1, -0.05) is 12.1 Å². The third kappa shape index (κ3) is 3.06. The number of rotatable bonds is 4. The van der Waals surface area contributed by atoms with Crippen LogP contribution in [0.5, 0.6) is 11.5 Å². The van der Waals surface area contributed by atoms with E-state index in [9.17, 15) is 5.11 Å². The Balaban J connectivity index is 1.85. The highest BCUT2D eigenvalue weighted by atomic mass is 16.5. The van der Waals surface area contributed by atoms with Crippen LogP contribution >= 0.6 is 0 Å². The summed E-state index contributed by atoms with van der Waals surface area (Å²) >= 11 is 0. The topological polar surface area (TPSA) is 44.9 Å². The number of anilines is 1. The molecule has 5 nitrogen and oxygen atoms in total. The van der Waals surface area contributed by atoms with Crippen LogP contribution < -0.4 is 14.4 Å². The van der Waals surface area contributed by atoms with E-state index in [4.69, 9.17) is 9.47 Å². The monoisotopic (exact) mass is 367 g/mol. The van der Waals surface area contributed by atoms with Gasteiger partial charge in [0.05, 0.1) is 20.8 Å². The van der Waals surface area contributed by atoms with Crippen LogP contribution in [0.3, 0.4) is 0 Å². The smallest absolute Gasteiger partial charge is 0.275 e. The molecule has 0 radical (unpaired) electrons. The lowest BCUT2D eigenvalue weighted by molar-refractivity contribution is -0.534. The maximum Gasteiger partial charge on any atom is 0.275 e. The average Bonchev–Trinajstić information content (AvgIpc) is 2.83. The molecule has 0 saturated carbocycles. The molecule has 2 aliphatic rings. The van der Waals surface area contributed by atoms with E-state index in [1.165, 1.54) is 12.3 Å². The standard InChI is InChI=1S/C22H27N2O3/c1-26-18-13-11-17(12-14-18)22(25)16-23-15-7-3-4-10-21(23)24(22)19-8-5-6-9-20(19)27-2/h5-6,8-9,11-14,25H,3-4,7,10,15-16H2,1-2H3/q+1/t22-/m1/s1. The molecule has 2 aromatic rings. The zero-order valence-corrected chi connectivity index (χ0v) is 16.0. The van der Waals surface area contributed by atoms with Crippen molar-refractivity contribution in [2.75, 3.05) is 32.2 Å². The lowest BCUT2D eigenvalue weighted by Crippen LogP contribution is -2.47. The Morgan fingerprint density at radius 3 is 2.48 bits per heavy atom. The molecule has 1 atom stereocenters. The van der Waals surface area contributed by atoms with Crippen LogP contribution in [0.25, 0.3) is 0 Å². The number of methoxy groups -OCH3 is 2. The van der Waals surface area contributed by atoms with Crippen LogP contribution in [0.1, 0.15) is 31.2 Å². The van der Waals surface area contributed by atoms with E-state index >= 15 is 0 Å². The van der Waals surface area contributed by atoms with Crippen molar-refractivity contribution >= 4 is 11.5 Å². The molecule has 0 saturated heterocycles. The fraction of sp³-hybridized carbons (Fsp3) is 0.409. The maximum absolute atomic E-state index is 11.9. The molecular weight excluding hydrogens is 340 g/mol. The maximum atomic E-state index is 11.9. The number of hydrogen-bond acceptors (Lipinski definition) is 4. The van der Waals surface area contributed by atoms with Crippen molar-refractivity contribution < 1.29 is 19.2 Å². The minimum atomic E-state index is -1.15. The number of aliphatic hydroxyl groups is 1. The number of para-hydroxylation sites is 2. The van der Waals surface area contributed by atoms with Gasteiger partial charge in [-0.3, -0.25) is 4.58 Å². The Morgan fingerprint density at radius 2 is 1.74 bits per heavy atom. The normalized spacial score (nSPS) is 22.4. The Kier molecular flexibility index (Phi) is 4.79. The predicted octanol–water partition coefficient (Wildman–Crippen LogP) is 3.35. The van der Waals surface area contributed by atoms with E-state index in [1.807, 2.05) is 48.5 Å². The van der Waals surface area contributed by atoms with Crippen LogP contribution in [0, 0.1) is 0 Å². The highest BCUT2D eigenvalue weighted by Gasteiger charge is 2.54. The first kappa shape index (κ1) is 17.9. The molecule has 0 fully saturated rings. The second kappa shape index (κ2) is 7.24. The van der Waals surface area contributed by atoms with Crippen molar-refractivity contribution in [3.05, 3.63) is 54.1 Å². The molecule has 0 bridgehead atoms. The van der Waals surface area contributed by atoms with Crippen molar-refractivity contribution in [1.29, 1.82) is 0 Å². The van der Waals surface area contributed by atoms with Gasteiger partial charge in [0.25, 0.3) is 11.6 Å². The molecular formula is C22H27N2O3+. The highest BCUT2D eigenvalue weighted by molar-refractivity contribution is 5.98. The largest absolute Gasteiger partial charge is 0.497 e. The van der Waals surface area contributed by atoms with Gasteiger partial charge in [-0.05, 0) is 55.7 Å². The predicted molar refractivity (Wildman–Crippen MR) is 106 cm³/mol. The molecule has 2 heterocycles. The summed E-state index contributed by atoms with van der Waals surface area (Å²) in [4.78, 5) is 2.08. The molecule has 0 unspecified atom stereocenters. The fourth-order valence-corrected chi connectivity index (χ4v) is 4.25. The summed E-state index contributed by atoms with van der Waals surface area (Å²) in [6, 6.07) is 15.6. The van der Waals surface area contributed by atoms with Crippen LogP contribution in [0.15, 0.2) is 48.5 Å². The molecule has 142 valence electrons. The number of hydrogen-bond donors (Lipinski definition) is 1. The van der Waals surface area contributed by atoms with Crippen LogP contribution in [-0.4, -0.2) is 42.8 Å². The van der Waals surface area contributed by atoms with Gasteiger partial charge in [0.15, 0.2) is 18.0 Å². The minimum Gasteiger partial charge on any atom is -0.497 e. The van der Waals surface area contributed by atoms with E-state index in [0.29, 0.717) is 6.54 Å². The van der Waals surface area contributed by atoms with E-state index in [0.717, 1.165) is 48.6 Å². The van der Waals surface area contributed by atoms with Gasteiger partial charge in [-0.15, -0.1) is 0 Å². The number of nitrogens with zero attached hydrogens (tertiary/aromatic N) is 2. The summed E-state index contributed by atoms with van der Waals surface area (Å²) < 4.78 is 13.3. The summed E-state index contributed by atoms with van der Waals surface area (Å²) in [5, 5.41) is 11.9. The molecule has 0 spiro atoms. The lowest BCUT2D eigenvalue weighted by Gasteiger charge is -2.30. The van der Waals surface area contributed by atoms with Crippen molar-refractivity contribution in [3.8, 4) is 11.5 Å². The Bertz CT molecular complexity index is 847. The van der Waals surface area contributed by atoms with Gasteiger partial charge in [0, 0.05) is 12.0 Å². The van der Waals surface area contributed by atoms with Crippen LogP contribution in [-0.2, 0) is 5.72 Å². The van der Waals surface area contributed by atoms with E-state index < -0.39 is 5.72 Å². The molecule has 27 heavy (non-hydrogen) atoms. The first-order valence-corrected chi connectivity index (χ1v) is 9.58. The van der Waals surface area contributed by atoms with Crippen LogP contribution in [0.2, 0.25) is 0 Å². The first-order valence-electron chi connectivity index (χ1n) is 9.58. The second-order valence-corrected chi connectivity index (χ2v) is 7.20. The quantitative estimate of drug-likeness (QED) is 0.842. The van der Waals surface area contributed by atoms with Gasteiger partial charge in [-0.2, -0.15) is 4.90 Å². The molecule has 0 amide bonds. The van der Waals surface area contributed by atoms with E-state index in [-0.39, 0.29) is 0 Å². The van der Waals surface area contributed by atoms with Gasteiger partial charge in [-0.25, -0.2) is 0 Å². The summed E-state index contributed by atoms with van der Waals surface area (Å²) in [6.07, 6.45) is 4.47. The zero-order chi connectivity index (χ0) is 18.9. The molecule has 5 heteroatoms. The Labute approximate surface area is 160 Å². The minimum absolute atomic E-state index is 0.548. The summed E-state index contributed by atoms with van der Waals surface area (Å²) in [5.74, 6) is 2.73. The van der Waals surface area contributed by atoms with Gasteiger partial charge in [0.2, 0.25) is 0 Å². The van der Waals surface area contributed by atoms with Crippen molar-refractivity contribution in [2.24, 2.45) is 0 Å². The molecule has 1 N–H and O–H groups in total. The van der Waals surface area contributed by atoms with Crippen molar-refractivity contribution in [3.63, 3.8) is 0 Å². The fourth-order valence-electron chi connectivity index (χ4n) is 4.25. The van der Waals surface area contributed by atoms with Gasteiger partial charge >= 0.3 is 0 Å².